The third-order valence-corrected chi connectivity index (χ3v) is 3.49. The Morgan fingerprint density at radius 3 is 2.59 bits per heavy atom. The van der Waals surface area contributed by atoms with Crippen molar-refractivity contribution < 1.29 is 5.11 Å². The van der Waals surface area contributed by atoms with Gasteiger partial charge in [-0.25, -0.2) is 4.98 Å². The van der Waals surface area contributed by atoms with Gasteiger partial charge in [0.15, 0.2) is 0 Å². The Morgan fingerprint density at radius 2 is 2.06 bits per heavy atom. The fraction of sp³-hybridized carbons (Fsp3) is 0.667. The van der Waals surface area contributed by atoms with Crippen molar-refractivity contribution in [3.8, 4) is 0 Å². The molecule has 0 unspecified atom stereocenters. The highest BCUT2D eigenvalue weighted by molar-refractivity contribution is 5.37. The molecule has 0 aromatic carbocycles. The number of hydrogen-bond acceptors (Lipinski definition) is 5. The van der Waals surface area contributed by atoms with Crippen molar-refractivity contribution in [3.63, 3.8) is 0 Å². The maximum Gasteiger partial charge on any atom is 0.147 e. The molecule has 0 spiro atoms. The quantitative estimate of drug-likeness (QED) is 0.810. The predicted molar refractivity (Wildman–Crippen MR) is 66.9 cm³/mol. The predicted octanol–water partition coefficient (Wildman–Crippen LogP) is 0.499. The molecule has 1 aliphatic heterocycles. The van der Waals surface area contributed by atoms with E-state index in [0.29, 0.717) is 5.69 Å². The van der Waals surface area contributed by atoms with E-state index in [1.807, 2.05) is 0 Å². The van der Waals surface area contributed by atoms with Crippen molar-refractivity contribution in [1.29, 1.82) is 0 Å². The molecular formula is C12H20N4O. The number of nitrogens with zero attached hydrogens (tertiary/aromatic N) is 4. The first-order chi connectivity index (χ1) is 8.03. The highest BCUT2D eigenvalue weighted by Gasteiger charge is 2.31. The molecule has 0 aliphatic carbocycles. The van der Waals surface area contributed by atoms with Gasteiger partial charge in [-0.15, -0.1) is 0 Å². The van der Waals surface area contributed by atoms with Crippen molar-refractivity contribution in [2.45, 2.75) is 26.0 Å². The van der Waals surface area contributed by atoms with Crippen LogP contribution in [0.15, 0.2) is 12.4 Å². The number of rotatable bonds is 2. The summed E-state index contributed by atoms with van der Waals surface area (Å²) in [5.41, 5.74) is 0.761. The summed E-state index contributed by atoms with van der Waals surface area (Å²) >= 11 is 0. The summed E-state index contributed by atoms with van der Waals surface area (Å²) in [7, 11) is 2.15. The van der Waals surface area contributed by atoms with Gasteiger partial charge in [-0.3, -0.25) is 9.88 Å². The summed E-state index contributed by atoms with van der Waals surface area (Å²) in [4.78, 5) is 13.1. The van der Waals surface area contributed by atoms with Gasteiger partial charge in [0.2, 0.25) is 0 Å². The maximum absolute atomic E-state index is 8.93. The second-order valence-corrected chi connectivity index (χ2v) is 5.18. The Morgan fingerprint density at radius 1 is 1.29 bits per heavy atom. The van der Waals surface area contributed by atoms with E-state index >= 15 is 0 Å². The van der Waals surface area contributed by atoms with Crippen LogP contribution in [0.3, 0.4) is 0 Å². The molecule has 5 heteroatoms. The smallest absolute Gasteiger partial charge is 0.147 e. The lowest BCUT2D eigenvalue weighted by molar-refractivity contribution is 0.138. The minimum absolute atomic E-state index is 0.0541. The number of aliphatic hydroxyl groups is 1. The molecule has 0 amide bonds. The minimum atomic E-state index is -0.0541. The highest BCUT2D eigenvalue weighted by atomic mass is 16.3. The third kappa shape index (κ3) is 2.56. The number of aromatic nitrogens is 2. The zero-order valence-corrected chi connectivity index (χ0v) is 10.7. The normalized spacial score (nSPS) is 20.6. The Balaban J connectivity index is 2.12. The van der Waals surface area contributed by atoms with Crippen molar-refractivity contribution in [2.24, 2.45) is 0 Å². The van der Waals surface area contributed by atoms with Crippen LogP contribution in [0.4, 0.5) is 5.82 Å². The molecule has 1 N–H and O–H groups in total. The van der Waals surface area contributed by atoms with Crippen LogP contribution < -0.4 is 4.90 Å². The zero-order chi connectivity index (χ0) is 12.5. The number of hydrogen-bond donors (Lipinski definition) is 1. The number of likely N-dealkylation sites (N-methyl/N-ethyl adjacent to an activating group) is 1. The lowest BCUT2D eigenvalue weighted by Crippen LogP contribution is -2.57. The lowest BCUT2D eigenvalue weighted by Gasteiger charge is -2.45. The molecule has 1 aliphatic rings. The average Bonchev–Trinajstić information content (AvgIpc) is 2.33. The van der Waals surface area contributed by atoms with Crippen LogP contribution in [-0.2, 0) is 6.61 Å². The fourth-order valence-electron chi connectivity index (χ4n) is 2.03. The summed E-state index contributed by atoms with van der Waals surface area (Å²) in [5, 5.41) is 8.93. The van der Waals surface area contributed by atoms with Gasteiger partial charge in [-0.05, 0) is 20.9 Å². The third-order valence-electron chi connectivity index (χ3n) is 3.49. The van der Waals surface area contributed by atoms with E-state index in [0.717, 1.165) is 25.5 Å². The second kappa shape index (κ2) is 4.58. The van der Waals surface area contributed by atoms with Crippen LogP contribution in [0.2, 0.25) is 0 Å². The van der Waals surface area contributed by atoms with E-state index in [-0.39, 0.29) is 12.1 Å². The van der Waals surface area contributed by atoms with Crippen molar-refractivity contribution >= 4 is 5.82 Å². The molecule has 2 rings (SSSR count). The van der Waals surface area contributed by atoms with Crippen LogP contribution in [0.5, 0.6) is 0 Å². The summed E-state index contributed by atoms with van der Waals surface area (Å²) in [5.74, 6) is 0.892. The lowest BCUT2D eigenvalue weighted by atomic mass is 10.00. The number of piperazine rings is 1. The van der Waals surface area contributed by atoms with Gasteiger partial charge in [0.25, 0.3) is 0 Å². The van der Waals surface area contributed by atoms with Crippen LogP contribution in [0, 0.1) is 0 Å². The standard InChI is InChI=1S/C12H20N4O/c1-12(2)9-16(5-4-15(12)3)11-7-13-10(8-17)6-14-11/h6-7,17H,4-5,8-9H2,1-3H3. The molecular weight excluding hydrogens is 216 g/mol. The Labute approximate surface area is 102 Å². The molecule has 17 heavy (non-hydrogen) atoms. The van der Waals surface area contributed by atoms with Crippen molar-refractivity contribution in [2.75, 3.05) is 31.6 Å². The van der Waals surface area contributed by atoms with Crippen LogP contribution in [-0.4, -0.2) is 52.2 Å². The Kier molecular flexibility index (Phi) is 3.31. The Bertz CT molecular complexity index is 377. The molecule has 1 saturated heterocycles. The summed E-state index contributed by atoms with van der Waals surface area (Å²) < 4.78 is 0. The first kappa shape index (κ1) is 12.3. The van der Waals surface area contributed by atoms with E-state index in [1.165, 1.54) is 0 Å². The van der Waals surface area contributed by atoms with Gasteiger partial charge in [-0.2, -0.15) is 0 Å². The monoisotopic (exact) mass is 236 g/mol. The molecule has 1 aromatic rings. The van der Waals surface area contributed by atoms with Crippen molar-refractivity contribution in [3.05, 3.63) is 18.1 Å². The van der Waals surface area contributed by atoms with Crippen LogP contribution >= 0.6 is 0 Å². The highest BCUT2D eigenvalue weighted by Crippen LogP contribution is 2.22. The van der Waals surface area contributed by atoms with E-state index in [2.05, 4.69) is 40.7 Å². The van der Waals surface area contributed by atoms with Gasteiger partial charge in [0.05, 0.1) is 24.7 Å². The molecule has 0 bridgehead atoms. The second-order valence-electron chi connectivity index (χ2n) is 5.18. The van der Waals surface area contributed by atoms with E-state index < -0.39 is 0 Å². The largest absolute Gasteiger partial charge is 0.390 e. The summed E-state index contributed by atoms with van der Waals surface area (Å²) in [6.07, 6.45) is 3.38. The fourth-order valence-corrected chi connectivity index (χ4v) is 2.03. The summed E-state index contributed by atoms with van der Waals surface area (Å²) in [6.45, 7) is 7.34. The van der Waals surface area contributed by atoms with E-state index in [4.69, 9.17) is 5.11 Å². The molecule has 1 aromatic heterocycles. The van der Waals surface area contributed by atoms with Gasteiger partial charge in [0.1, 0.15) is 5.82 Å². The maximum atomic E-state index is 8.93. The van der Waals surface area contributed by atoms with Crippen LogP contribution in [0.25, 0.3) is 0 Å². The topological polar surface area (TPSA) is 52.5 Å². The molecule has 1 fully saturated rings. The number of anilines is 1. The number of aliphatic hydroxyl groups excluding tert-OH is 1. The van der Waals surface area contributed by atoms with Gasteiger partial charge in [-0.1, -0.05) is 0 Å². The zero-order valence-electron chi connectivity index (χ0n) is 10.7. The molecule has 0 saturated carbocycles. The molecule has 2 heterocycles. The van der Waals surface area contributed by atoms with Gasteiger partial charge in [0, 0.05) is 25.2 Å². The SMILES string of the molecule is CN1CCN(c2cnc(CO)cn2)CC1(C)C. The molecule has 0 atom stereocenters. The molecule has 94 valence electrons. The first-order valence-corrected chi connectivity index (χ1v) is 5.91. The average molecular weight is 236 g/mol. The van der Waals surface area contributed by atoms with Gasteiger partial charge < -0.3 is 10.0 Å². The molecule has 0 radical (unpaired) electrons. The minimum Gasteiger partial charge on any atom is -0.390 e. The Hall–Kier alpha value is -1.20. The van der Waals surface area contributed by atoms with Crippen molar-refractivity contribution in [1.82, 2.24) is 14.9 Å². The van der Waals surface area contributed by atoms with E-state index in [1.54, 1.807) is 12.4 Å². The molecule has 5 nitrogen and oxygen atoms in total. The van der Waals surface area contributed by atoms with Crippen LogP contribution in [0.1, 0.15) is 19.5 Å². The summed E-state index contributed by atoms with van der Waals surface area (Å²) in [6, 6.07) is 0. The van der Waals surface area contributed by atoms with E-state index in [9.17, 15) is 0 Å². The van der Waals surface area contributed by atoms with Gasteiger partial charge >= 0.3 is 0 Å². The first-order valence-electron chi connectivity index (χ1n) is 5.91.